The van der Waals surface area contributed by atoms with Crippen LogP contribution < -0.4 is 0 Å². The summed E-state index contributed by atoms with van der Waals surface area (Å²) in [5.74, 6) is 0.593. The number of likely N-dealkylation sites (tertiary alicyclic amines) is 2. The van der Waals surface area contributed by atoms with Crippen LogP contribution in [0, 0.1) is 11.3 Å². The van der Waals surface area contributed by atoms with Gasteiger partial charge in [-0.25, -0.2) is 0 Å². The summed E-state index contributed by atoms with van der Waals surface area (Å²) in [5, 5.41) is 0. The predicted octanol–water partition coefficient (Wildman–Crippen LogP) is 2.45. The maximum absolute atomic E-state index is 6.07. The fourth-order valence-electron chi connectivity index (χ4n) is 4.65. The van der Waals surface area contributed by atoms with E-state index >= 15 is 0 Å². The molecule has 0 aliphatic carbocycles. The zero-order valence-electron chi connectivity index (χ0n) is 15.6. The Kier molecular flexibility index (Phi) is 5.29. The maximum Gasteiger partial charge on any atom is 0.0887 e. The molecule has 2 saturated heterocycles. The number of hydrogen-bond donors (Lipinski definition) is 0. The molecule has 4 rings (SSSR count). The molecule has 1 spiro atoms. The molecule has 2 fully saturated rings. The van der Waals surface area contributed by atoms with Crippen LogP contribution in [-0.4, -0.2) is 59.6 Å². The lowest BCUT2D eigenvalue weighted by Gasteiger charge is -2.30. The van der Waals surface area contributed by atoms with Gasteiger partial charge in [0.1, 0.15) is 0 Å². The molecule has 0 amide bonds. The molecule has 2 aliphatic heterocycles. The van der Waals surface area contributed by atoms with Gasteiger partial charge in [-0.2, -0.15) is 0 Å². The Morgan fingerprint density at radius 2 is 2.15 bits per heavy atom. The Bertz CT molecular complexity index is 696. The second-order valence-electron chi connectivity index (χ2n) is 7.91. The number of ether oxygens (including phenoxy) is 1. The molecule has 4 heterocycles. The third-order valence-corrected chi connectivity index (χ3v) is 5.87. The Morgan fingerprint density at radius 3 is 2.96 bits per heavy atom. The molecular formula is C21H28N4O. The highest BCUT2D eigenvalue weighted by Gasteiger charge is 2.49. The first-order valence-corrected chi connectivity index (χ1v) is 9.51. The van der Waals surface area contributed by atoms with Gasteiger partial charge in [0.05, 0.1) is 18.9 Å². The van der Waals surface area contributed by atoms with E-state index in [2.05, 4.69) is 32.9 Å². The highest BCUT2D eigenvalue weighted by atomic mass is 16.5. The van der Waals surface area contributed by atoms with Gasteiger partial charge < -0.3 is 9.64 Å². The van der Waals surface area contributed by atoms with Crippen LogP contribution in [0.4, 0.5) is 0 Å². The van der Waals surface area contributed by atoms with E-state index in [4.69, 9.17) is 4.74 Å². The Balaban J connectivity index is 1.35. The summed E-state index contributed by atoms with van der Waals surface area (Å²) in [4.78, 5) is 13.7. The lowest BCUT2D eigenvalue weighted by Crippen LogP contribution is -2.36. The lowest BCUT2D eigenvalue weighted by atomic mass is 9.77. The maximum atomic E-state index is 6.07. The first kappa shape index (κ1) is 17.6. The van der Waals surface area contributed by atoms with E-state index < -0.39 is 0 Å². The van der Waals surface area contributed by atoms with Crippen LogP contribution in [0.3, 0.4) is 0 Å². The molecule has 5 heteroatoms. The van der Waals surface area contributed by atoms with Gasteiger partial charge in [-0.05, 0) is 43.8 Å². The predicted molar refractivity (Wildman–Crippen MR) is 101 cm³/mol. The summed E-state index contributed by atoms with van der Waals surface area (Å²) < 4.78 is 6.07. The summed E-state index contributed by atoms with van der Waals surface area (Å²) in [6.45, 7) is 7.05. The molecule has 0 unspecified atom stereocenters. The second kappa shape index (κ2) is 7.82. The van der Waals surface area contributed by atoms with Crippen LogP contribution in [0.5, 0.6) is 0 Å². The van der Waals surface area contributed by atoms with E-state index in [-0.39, 0.29) is 0 Å². The Labute approximate surface area is 156 Å². The molecule has 2 aromatic rings. The van der Waals surface area contributed by atoms with Crippen molar-refractivity contribution in [3.05, 3.63) is 60.2 Å². The van der Waals surface area contributed by atoms with E-state index in [1.54, 1.807) is 0 Å². The highest BCUT2D eigenvalue weighted by Crippen LogP contribution is 2.43. The van der Waals surface area contributed by atoms with Gasteiger partial charge in [-0.3, -0.25) is 14.9 Å². The van der Waals surface area contributed by atoms with E-state index in [0.717, 1.165) is 31.9 Å². The van der Waals surface area contributed by atoms with E-state index in [1.807, 2.05) is 42.9 Å². The molecule has 26 heavy (non-hydrogen) atoms. The van der Waals surface area contributed by atoms with Gasteiger partial charge in [0.2, 0.25) is 0 Å². The van der Waals surface area contributed by atoms with Gasteiger partial charge in [0.25, 0.3) is 0 Å². The minimum absolute atomic E-state index is 0.362. The van der Waals surface area contributed by atoms with Crippen molar-refractivity contribution in [1.29, 1.82) is 0 Å². The fourth-order valence-corrected chi connectivity index (χ4v) is 4.65. The largest absolute Gasteiger partial charge is 0.375 e. The molecule has 0 bridgehead atoms. The van der Waals surface area contributed by atoms with Crippen LogP contribution in [0.15, 0.2) is 48.9 Å². The fraction of sp³-hybridized carbons (Fsp3) is 0.524. The van der Waals surface area contributed by atoms with Gasteiger partial charge in [0.15, 0.2) is 0 Å². The average molecular weight is 352 g/mol. The molecule has 5 nitrogen and oxygen atoms in total. The zero-order chi connectivity index (χ0) is 17.8. The molecular weight excluding hydrogens is 324 g/mol. The number of pyridine rings is 2. The zero-order valence-corrected chi connectivity index (χ0v) is 15.6. The normalized spacial score (nSPS) is 26.7. The van der Waals surface area contributed by atoms with Crippen LogP contribution >= 0.6 is 0 Å². The highest BCUT2D eigenvalue weighted by molar-refractivity contribution is 5.10. The van der Waals surface area contributed by atoms with E-state index in [0.29, 0.717) is 17.9 Å². The van der Waals surface area contributed by atoms with Crippen molar-refractivity contribution < 1.29 is 4.74 Å². The van der Waals surface area contributed by atoms with Crippen molar-refractivity contribution >= 4 is 0 Å². The van der Waals surface area contributed by atoms with Gasteiger partial charge in [-0.1, -0.05) is 12.1 Å². The third kappa shape index (κ3) is 3.95. The topological polar surface area (TPSA) is 41.5 Å². The number of rotatable bonds is 6. The molecule has 138 valence electrons. The summed E-state index contributed by atoms with van der Waals surface area (Å²) in [5.41, 5.74) is 2.68. The molecule has 2 aliphatic rings. The third-order valence-electron chi connectivity index (χ3n) is 5.87. The van der Waals surface area contributed by atoms with Crippen LogP contribution in [0.1, 0.15) is 17.7 Å². The van der Waals surface area contributed by atoms with Gasteiger partial charge >= 0.3 is 0 Å². The van der Waals surface area contributed by atoms with Gasteiger partial charge in [-0.15, -0.1) is 0 Å². The number of hydrogen-bond acceptors (Lipinski definition) is 5. The van der Waals surface area contributed by atoms with Crippen LogP contribution in [0.25, 0.3) is 0 Å². The molecule has 0 N–H and O–H groups in total. The van der Waals surface area contributed by atoms with E-state index in [1.165, 1.54) is 25.1 Å². The van der Waals surface area contributed by atoms with Crippen LogP contribution in [-0.2, 0) is 17.9 Å². The molecule has 2 aromatic heterocycles. The first-order valence-electron chi connectivity index (χ1n) is 9.51. The van der Waals surface area contributed by atoms with Crippen molar-refractivity contribution in [1.82, 2.24) is 19.8 Å². The molecule has 0 saturated carbocycles. The monoisotopic (exact) mass is 352 g/mol. The van der Waals surface area contributed by atoms with Crippen molar-refractivity contribution in [2.75, 3.05) is 39.8 Å². The number of aromatic nitrogens is 2. The summed E-state index contributed by atoms with van der Waals surface area (Å²) in [6.07, 6.45) is 6.92. The van der Waals surface area contributed by atoms with E-state index in [9.17, 15) is 0 Å². The Morgan fingerprint density at radius 1 is 1.19 bits per heavy atom. The molecule has 0 aromatic carbocycles. The van der Waals surface area contributed by atoms with Crippen LogP contribution in [0.2, 0.25) is 0 Å². The van der Waals surface area contributed by atoms with Crippen molar-refractivity contribution in [3.8, 4) is 0 Å². The summed E-state index contributed by atoms with van der Waals surface area (Å²) >= 11 is 0. The SMILES string of the molecule is CN1C[C@H](COCc2ccccn2)[C@]2(CCN(Cc3cccnc3)C2)C1. The quantitative estimate of drug-likeness (QED) is 0.799. The molecule has 2 atom stereocenters. The first-order chi connectivity index (χ1) is 12.7. The minimum atomic E-state index is 0.362. The van der Waals surface area contributed by atoms with Crippen molar-refractivity contribution in [3.63, 3.8) is 0 Å². The number of nitrogens with zero attached hydrogens (tertiary/aromatic N) is 4. The van der Waals surface area contributed by atoms with Crippen molar-refractivity contribution in [2.45, 2.75) is 19.6 Å². The average Bonchev–Trinajstić information content (AvgIpc) is 3.20. The molecule has 0 radical (unpaired) electrons. The van der Waals surface area contributed by atoms with Gasteiger partial charge in [0, 0.05) is 56.1 Å². The second-order valence-corrected chi connectivity index (χ2v) is 7.91. The Hall–Kier alpha value is -1.82. The standard InChI is InChI=1S/C21H28N4O/c1-24-13-19(14-26-15-20-6-2-3-9-23-20)21(16-24)7-10-25(17-21)12-18-5-4-8-22-11-18/h2-6,8-9,11,19H,7,10,12-17H2,1H3/t19-,21-/m1/s1. The summed E-state index contributed by atoms with van der Waals surface area (Å²) in [7, 11) is 2.24. The van der Waals surface area contributed by atoms with Crippen molar-refractivity contribution in [2.24, 2.45) is 11.3 Å². The minimum Gasteiger partial charge on any atom is -0.375 e. The smallest absolute Gasteiger partial charge is 0.0887 e. The summed E-state index contributed by atoms with van der Waals surface area (Å²) in [6, 6.07) is 10.2. The lowest BCUT2D eigenvalue weighted by molar-refractivity contribution is 0.0501.